The molecule has 6 N–H and O–H groups in total. The van der Waals surface area contributed by atoms with Gasteiger partial charge in [0.05, 0.1) is 0 Å². The first-order valence-corrected chi connectivity index (χ1v) is 53.9. The van der Waals surface area contributed by atoms with Crippen molar-refractivity contribution in [1.29, 1.82) is 0 Å². The Balaban J connectivity index is 0.000000834. The van der Waals surface area contributed by atoms with E-state index in [0.29, 0.717) is 34.2 Å². The molecule has 8 atom stereocenters. The van der Waals surface area contributed by atoms with E-state index in [-0.39, 0.29) is 105 Å². The third-order valence-electron chi connectivity index (χ3n) is 29.5. The number of rotatable bonds is 58. The molecule has 0 aliphatic carbocycles. The predicted octanol–water partition coefficient (Wildman–Crippen LogP) is 22.0. The molecule has 0 fully saturated rings. The smallest absolute Gasteiger partial charge is 0.274 e. The van der Waals surface area contributed by atoms with Gasteiger partial charge < -0.3 is 59.0 Å². The van der Waals surface area contributed by atoms with Crippen molar-refractivity contribution in [2.75, 3.05) is 78.5 Å². The molecule has 6 amide bonds. The Morgan fingerprint density at radius 1 is 0.273 bits per heavy atom. The van der Waals surface area contributed by atoms with E-state index in [9.17, 15) is 28.8 Å². The summed E-state index contributed by atoms with van der Waals surface area (Å²) in [7, 11) is 0. The maximum absolute atomic E-state index is 12.7. The SMILES string of the molecule is CCCN(CC)C(C)(CCC)C(C)NC(=O)c1cc(CC)on1.CCCN(CC)C(C)(CCC)C(C)NC(=O)c1noc(CC)c1C.CCCN(CC)C(CC)(CC)C(C)NC(=O)c1cc(CC)on1.CCCN(CC)C(CC)(CC)C(C)NC(=O)c1noc(CC)c1C.CCCN(CCC)C(C)(C)C(C)NC(=O)c1cc(CC)on1.CCCN(CCC)C(C)(C)C(C)NC(=O)c1noc(CC)c1C. The van der Waals surface area contributed by atoms with Crippen molar-refractivity contribution < 1.29 is 55.9 Å². The highest BCUT2D eigenvalue weighted by molar-refractivity contribution is 5.96. The summed E-state index contributed by atoms with van der Waals surface area (Å²) in [6.07, 6.45) is 21.5. The first kappa shape index (κ1) is 129. The molecule has 8 unspecified atom stereocenters. The second-order valence-electron chi connectivity index (χ2n) is 39.0. The van der Waals surface area contributed by atoms with E-state index in [1.54, 1.807) is 18.2 Å². The average Bonchev–Trinajstić information content (AvgIpc) is 1.71. The van der Waals surface area contributed by atoms with Gasteiger partial charge in [-0.3, -0.25) is 58.2 Å². The molecule has 0 aromatic carbocycles. The summed E-state index contributed by atoms with van der Waals surface area (Å²) in [5.41, 5.74) is 4.44. The van der Waals surface area contributed by atoms with E-state index in [1.807, 2.05) is 62.3 Å². The van der Waals surface area contributed by atoms with Gasteiger partial charge in [-0.25, -0.2) is 0 Å². The minimum atomic E-state index is -0.169. The van der Waals surface area contributed by atoms with Crippen molar-refractivity contribution in [3.63, 3.8) is 0 Å². The molecule has 0 saturated carbocycles. The summed E-state index contributed by atoms with van der Waals surface area (Å²) in [5, 5.41) is 42.3. The van der Waals surface area contributed by atoms with Crippen molar-refractivity contribution in [2.24, 2.45) is 0 Å². The first-order chi connectivity index (χ1) is 65.8. The van der Waals surface area contributed by atoms with E-state index in [4.69, 9.17) is 27.1 Å². The Hall–Kier alpha value is -8.16. The second-order valence-corrected chi connectivity index (χ2v) is 39.0. The van der Waals surface area contributed by atoms with Gasteiger partial charge in [0.25, 0.3) is 35.4 Å². The number of hydrogen-bond donors (Lipinski definition) is 6. The van der Waals surface area contributed by atoms with Gasteiger partial charge in [-0.1, -0.05) is 210 Å². The number of aryl methyl sites for hydroxylation is 6. The number of hydrogen-bond acceptors (Lipinski definition) is 24. The fourth-order valence-corrected chi connectivity index (χ4v) is 19.5. The normalized spacial score (nSPS) is 14.1. The van der Waals surface area contributed by atoms with Crippen LogP contribution in [0.25, 0.3) is 0 Å². The van der Waals surface area contributed by atoms with Crippen LogP contribution in [0, 0.1) is 20.8 Å². The van der Waals surface area contributed by atoms with Gasteiger partial charge in [0.2, 0.25) is 0 Å². The van der Waals surface area contributed by atoms with Crippen LogP contribution < -0.4 is 31.9 Å². The summed E-state index contributed by atoms with van der Waals surface area (Å²) < 4.78 is 31.2. The number of amides is 6. The maximum atomic E-state index is 12.7. The van der Waals surface area contributed by atoms with Crippen LogP contribution in [-0.4, -0.2) is 244 Å². The van der Waals surface area contributed by atoms with Gasteiger partial charge in [0.15, 0.2) is 34.2 Å². The summed E-state index contributed by atoms with van der Waals surface area (Å²) >= 11 is 0. The zero-order chi connectivity index (χ0) is 106. The average molecular weight is 1950 g/mol. The second kappa shape index (κ2) is 65.2. The van der Waals surface area contributed by atoms with Crippen LogP contribution >= 0.6 is 0 Å². The summed E-state index contributed by atoms with van der Waals surface area (Å²) in [5.74, 6) is 3.64. The minimum Gasteiger partial charge on any atom is -0.361 e. The van der Waals surface area contributed by atoms with Crippen LogP contribution in [0.5, 0.6) is 0 Å². The summed E-state index contributed by atoms with van der Waals surface area (Å²) in [6, 6.07) is 5.32. The zero-order valence-electron chi connectivity index (χ0n) is 95.0. The lowest BCUT2D eigenvalue weighted by Gasteiger charge is -2.47. The lowest BCUT2D eigenvalue weighted by molar-refractivity contribution is 0.0463. The molecule has 798 valence electrons. The van der Waals surface area contributed by atoms with Crippen LogP contribution in [0.4, 0.5) is 0 Å². The third kappa shape index (κ3) is 36.3. The molecule has 139 heavy (non-hydrogen) atoms. The van der Waals surface area contributed by atoms with E-state index in [2.05, 4.69) is 300 Å². The predicted molar refractivity (Wildman–Crippen MR) is 567 cm³/mol. The Bertz CT molecular complexity index is 4380. The highest BCUT2D eigenvalue weighted by atomic mass is 16.5. The van der Waals surface area contributed by atoms with E-state index in [0.717, 1.165) is 271 Å². The Morgan fingerprint density at radius 2 is 0.489 bits per heavy atom. The maximum Gasteiger partial charge on any atom is 0.274 e. The molecule has 6 aromatic heterocycles. The van der Waals surface area contributed by atoms with Crippen molar-refractivity contribution in [2.45, 2.75) is 481 Å². The standard InChI is InChI=1S/2C19H35N3O2.3C18H33N3O2.C17H31N3O2/c1-8-12-19(7,22(11-4)13-9-2)15(6)20-18(23)17-14(5)16(10-3)24-21-17;1-8-13-22(12-5)19(10-3,11-4)15(7)20-18(23)17-14(6)16(9-2)24-21-17;1-8-11-21(12-9-2)18(6,7)14(5)19-17(22)16-13(4)15(10-3)23-20-16;1-7-11-18(6,21(10-4)12-8-2)14(5)19-17(22)16-13-15(9-3)23-20-16;1-7-12-21(11-5)18(9-3,10-4)14(6)19-17(22)16-13-15(8-2)23-20-16;1-7-10-20(11-8-2)17(5,6)13(4)18-16(21)15-12-14(9-3)22-19-15/h2*15H,8-13H2,1-7H3,(H,20,23);14H,8-12H2,1-7H3,(H,19,22);2*13-14H,7-12H2,1-6H3,(H,19,22);12-13H,7-11H2,1-6H3,(H,18,21). The van der Waals surface area contributed by atoms with Crippen LogP contribution in [0.3, 0.4) is 0 Å². The highest BCUT2D eigenvalue weighted by Crippen LogP contribution is 2.34. The first-order valence-electron chi connectivity index (χ1n) is 53.9. The van der Waals surface area contributed by atoms with Gasteiger partial charge in [-0.05, 0) is 272 Å². The third-order valence-corrected chi connectivity index (χ3v) is 29.5. The molecule has 0 aliphatic rings. The van der Waals surface area contributed by atoms with Gasteiger partial charge >= 0.3 is 0 Å². The number of nitrogens with zero attached hydrogens (tertiary/aromatic N) is 12. The molecular weight excluding hydrogens is 1750 g/mol. The minimum absolute atomic E-state index is 0.00859. The number of nitrogens with one attached hydrogen (secondary N) is 6. The number of carbonyl (C=O) groups excluding carboxylic acids is 6. The molecule has 0 bridgehead atoms. The molecule has 6 heterocycles. The molecular formula is C109H200N18O12. The molecule has 6 aromatic rings. The quantitative estimate of drug-likeness (QED) is 0.0206. The zero-order valence-corrected chi connectivity index (χ0v) is 95.0. The summed E-state index contributed by atoms with van der Waals surface area (Å²) in [4.78, 5) is 90.0. The lowest BCUT2D eigenvalue weighted by atomic mass is 9.83. The fraction of sp³-hybridized carbons (Fsp3) is 0.780. The van der Waals surface area contributed by atoms with Gasteiger partial charge in [-0.15, -0.1) is 0 Å². The topological polar surface area (TPSA) is 350 Å². The Labute approximate surface area is 842 Å². The van der Waals surface area contributed by atoms with E-state index in [1.165, 1.54) is 0 Å². The largest absolute Gasteiger partial charge is 0.361 e. The van der Waals surface area contributed by atoms with Crippen LogP contribution in [0.1, 0.15) is 466 Å². The number of aromatic nitrogens is 6. The van der Waals surface area contributed by atoms with Crippen LogP contribution in [0.2, 0.25) is 0 Å². The Kier molecular flexibility index (Phi) is 60.4. The van der Waals surface area contributed by atoms with Gasteiger partial charge in [-0.2, -0.15) is 0 Å². The molecule has 0 spiro atoms. The summed E-state index contributed by atoms with van der Waals surface area (Å²) in [6.45, 7) is 95.1. The van der Waals surface area contributed by atoms with Crippen LogP contribution in [-0.2, 0) is 38.5 Å². The van der Waals surface area contributed by atoms with Gasteiger partial charge in [0, 0.05) is 143 Å². The number of carbonyl (C=O) groups is 6. The van der Waals surface area contributed by atoms with E-state index >= 15 is 0 Å². The highest BCUT2D eigenvalue weighted by Gasteiger charge is 2.44. The fourth-order valence-electron chi connectivity index (χ4n) is 19.5. The molecule has 6 rings (SSSR count). The monoisotopic (exact) mass is 1950 g/mol. The molecule has 30 heteroatoms. The lowest BCUT2D eigenvalue weighted by Crippen LogP contribution is -2.60. The molecule has 0 aliphatic heterocycles. The van der Waals surface area contributed by atoms with Gasteiger partial charge in [0.1, 0.15) is 34.6 Å². The molecule has 0 radical (unpaired) electrons. The van der Waals surface area contributed by atoms with Crippen molar-refractivity contribution >= 4 is 35.4 Å². The van der Waals surface area contributed by atoms with Crippen molar-refractivity contribution in [3.05, 3.63) is 104 Å². The van der Waals surface area contributed by atoms with Crippen molar-refractivity contribution in [3.8, 4) is 0 Å². The van der Waals surface area contributed by atoms with Crippen molar-refractivity contribution in [1.82, 2.24) is 92.2 Å². The van der Waals surface area contributed by atoms with E-state index < -0.39 is 0 Å². The van der Waals surface area contributed by atoms with Crippen LogP contribution in [0.15, 0.2) is 45.3 Å². The molecule has 0 saturated heterocycles. The number of likely N-dealkylation sites (N-methyl/N-ethyl adjacent to an activating group) is 4. The molecule has 30 nitrogen and oxygen atoms in total. The Morgan fingerprint density at radius 3 is 0.698 bits per heavy atom.